The minimum Gasteiger partial charge on any atom is -0.488 e. The topological polar surface area (TPSA) is 108 Å². The molecule has 2 aromatic rings. The van der Waals surface area contributed by atoms with Crippen LogP contribution in [0.3, 0.4) is 0 Å². The molecule has 0 radical (unpaired) electrons. The number of rotatable bonds is 6. The van der Waals surface area contributed by atoms with E-state index in [9.17, 15) is 23.6 Å². The predicted molar refractivity (Wildman–Crippen MR) is 176 cm³/mol. The van der Waals surface area contributed by atoms with E-state index in [0.29, 0.717) is 44.7 Å². The first kappa shape index (κ1) is 34.2. The summed E-state index contributed by atoms with van der Waals surface area (Å²) in [5.74, 6) is -0.380. The number of piperazine rings is 1. The van der Waals surface area contributed by atoms with Gasteiger partial charge in [-0.3, -0.25) is 14.4 Å². The zero-order valence-corrected chi connectivity index (χ0v) is 28.1. The molecule has 2 saturated heterocycles. The van der Waals surface area contributed by atoms with Crippen LogP contribution in [-0.2, 0) is 9.53 Å². The van der Waals surface area contributed by atoms with Gasteiger partial charge in [0.2, 0.25) is 5.91 Å². The van der Waals surface area contributed by atoms with Gasteiger partial charge in [-0.1, -0.05) is 19.3 Å². The van der Waals surface area contributed by atoms with Crippen molar-refractivity contribution in [2.45, 2.75) is 96.8 Å². The average Bonchev–Trinajstić information content (AvgIpc) is 3.48. The number of anilines is 1. The predicted octanol–water partition coefficient (Wildman–Crippen LogP) is 6.21. The second-order valence-corrected chi connectivity index (χ2v) is 14.1. The Hall–Kier alpha value is -4.15. The molecule has 0 aromatic heterocycles. The molecule has 0 spiro atoms. The standard InChI is InChI=1S/C36H47FN4O6/c1-23-21-39(33(43)27-17-28(37)20-29(18-27)38-24(2)42)15-16-41(23)34(44)26-11-12-32(31(19-26)25-9-7-6-8-10-25)46-30-13-14-40(22-30)35(45)47-36(3,4)5/h11-12,17-20,23,25,30H,6-10,13-16,21-22H2,1-5H3,(H,38,42)/t23-,30-/m0/s1. The number of benzene rings is 2. The molecule has 2 aromatic carbocycles. The lowest BCUT2D eigenvalue weighted by Gasteiger charge is -2.40. The van der Waals surface area contributed by atoms with E-state index in [1.807, 2.05) is 45.9 Å². The van der Waals surface area contributed by atoms with Crippen LogP contribution in [-0.4, -0.2) is 89.0 Å². The summed E-state index contributed by atoms with van der Waals surface area (Å²) in [6, 6.07) is 9.21. The van der Waals surface area contributed by atoms with E-state index in [1.54, 1.807) is 14.7 Å². The number of likely N-dealkylation sites (tertiary alicyclic amines) is 1. The van der Waals surface area contributed by atoms with Gasteiger partial charge in [-0.25, -0.2) is 9.18 Å². The van der Waals surface area contributed by atoms with E-state index >= 15 is 0 Å². The van der Waals surface area contributed by atoms with Gasteiger partial charge in [0.15, 0.2) is 0 Å². The van der Waals surface area contributed by atoms with Crippen LogP contribution in [0.25, 0.3) is 0 Å². The molecule has 5 rings (SSSR count). The first-order chi connectivity index (χ1) is 22.3. The highest BCUT2D eigenvalue weighted by atomic mass is 19.1. The summed E-state index contributed by atoms with van der Waals surface area (Å²) in [4.78, 5) is 56.4. The van der Waals surface area contributed by atoms with Crippen LogP contribution in [0.1, 0.15) is 105 Å². The third-order valence-electron chi connectivity index (χ3n) is 9.03. The Bertz CT molecular complexity index is 1500. The third kappa shape index (κ3) is 8.61. The summed E-state index contributed by atoms with van der Waals surface area (Å²) in [6.45, 7) is 10.7. The molecule has 2 heterocycles. The fourth-order valence-corrected chi connectivity index (χ4v) is 6.80. The monoisotopic (exact) mass is 650 g/mol. The molecule has 10 nitrogen and oxygen atoms in total. The Kier molecular flexibility index (Phi) is 10.4. The molecule has 254 valence electrons. The van der Waals surface area contributed by atoms with Crippen molar-refractivity contribution in [3.8, 4) is 5.75 Å². The van der Waals surface area contributed by atoms with E-state index in [2.05, 4.69) is 5.32 Å². The summed E-state index contributed by atoms with van der Waals surface area (Å²) in [7, 11) is 0. The fourth-order valence-electron chi connectivity index (χ4n) is 6.80. The lowest BCUT2D eigenvalue weighted by molar-refractivity contribution is -0.114. The summed E-state index contributed by atoms with van der Waals surface area (Å²) in [6.07, 6.45) is 5.72. The van der Waals surface area contributed by atoms with E-state index in [-0.39, 0.29) is 53.1 Å². The highest BCUT2D eigenvalue weighted by molar-refractivity contribution is 5.98. The second-order valence-electron chi connectivity index (χ2n) is 14.1. The van der Waals surface area contributed by atoms with Crippen LogP contribution >= 0.6 is 0 Å². The van der Waals surface area contributed by atoms with Crippen molar-refractivity contribution in [2.24, 2.45) is 0 Å². The number of nitrogens with one attached hydrogen (secondary N) is 1. The molecule has 4 amide bonds. The van der Waals surface area contributed by atoms with Gasteiger partial charge in [-0.2, -0.15) is 0 Å². The van der Waals surface area contributed by atoms with Gasteiger partial charge in [-0.05, 0) is 88.4 Å². The Labute approximate surface area is 276 Å². The van der Waals surface area contributed by atoms with Crippen molar-refractivity contribution in [1.29, 1.82) is 0 Å². The third-order valence-corrected chi connectivity index (χ3v) is 9.03. The van der Waals surface area contributed by atoms with Crippen LogP contribution in [0.4, 0.5) is 14.9 Å². The molecule has 0 bridgehead atoms. The van der Waals surface area contributed by atoms with Crippen molar-refractivity contribution in [1.82, 2.24) is 14.7 Å². The second kappa shape index (κ2) is 14.3. The number of hydrogen-bond donors (Lipinski definition) is 1. The van der Waals surface area contributed by atoms with E-state index < -0.39 is 11.4 Å². The van der Waals surface area contributed by atoms with Crippen LogP contribution in [0.2, 0.25) is 0 Å². The average molecular weight is 651 g/mol. The number of hydrogen-bond acceptors (Lipinski definition) is 6. The molecule has 2 aliphatic heterocycles. The maximum atomic E-state index is 14.2. The van der Waals surface area contributed by atoms with Crippen LogP contribution < -0.4 is 10.1 Å². The van der Waals surface area contributed by atoms with Gasteiger partial charge in [0, 0.05) is 62.4 Å². The largest absolute Gasteiger partial charge is 0.488 e. The Morgan fingerprint density at radius 1 is 0.851 bits per heavy atom. The quantitative estimate of drug-likeness (QED) is 0.399. The van der Waals surface area contributed by atoms with Crippen molar-refractivity contribution < 1.29 is 33.0 Å². The van der Waals surface area contributed by atoms with Gasteiger partial charge >= 0.3 is 6.09 Å². The molecular formula is C36H47FN4O6. The molecule has 1 N–H and O–H groups in total. The lowest BCUT2D eigenvalue weighted by atomic mass is 9.83. The van der Waals surface area contributed by atoms with Crippen molar-refractivity contribution in [3.05, 3.63) is 58.9 Å². The zero-order valence-electron chi connectivity index (χ0n) is 28.1. The first-order valence-electron chi connectivity index (χ1n) is 16.7. The number of carbonyl (C=O) groups excluding carboxylic acids is 4. The molecule has 3 fully saturated rings. The smallest absolute Gasteiger partial charge is 0.410 e. The maximum Gasteiger partial charge on any atom is 0.410 e. The number of halogens is 1. The SMILES string of the molecule is CC(=O)Nc1cc(F)cc(C(=O)N2CCN(C(=O)c3ccc(O[C@H]4CCN(C(=O)OC(C)(C)C)C4)c(C4CCCCC4)c3)[C@@H](C)C2)c1. The van der Waals surface area contributed by atoms with Gasteiger partial charge in [0.05, 0.1) is 6.54 Å². The maximum absolute atomic E-state index is 14.2. The molecule has 1 saturated carbocycles. The summed E-state index contributed by atoms with van der Waals surface area (Å²) in [5.41, 5.74) is 1.42. The first-order valence-corrected chi connectivity index (χ1v) is 16.7. The molecular weight excluding hydrogens is 603 g/mol. The van der Waals surface area contributed by atoms with Crippen LogP contribution in [0.5, 0.6) is 5.75 Å². The zero-order chi connectivity index (χ0) is 33.9. The number of carbonyl (C=O) groups is 4. The molecule has 2 atom stereocenters. The van der Waals surface area contributed by atoms with Gasteiger partial charge in [0.25, 0.3) is 11.8 Å². The molecule has 1 aliphatic carbocycles. The molecule has 11 heteroatoms. The van der Waals surface area contributed by atoms with Crippen molar-refractivity contribution in [2.75, 3.05) is 38.0 Å². The Morgan fingerprint density at radius 2 is 1.60 bits per heavy atom. The Morgan fingerprint density at radius 3 is 2.28 bits per heavy atom. The molecule has 3 aliphatic rings. The van der Waals surface area contributed by atoms with Crippen molar-refractivity contribution in [3.63, 3.8) is 0 Å². The number of amides is 4. The van der Waals surface area contributed by atoms with Gasteiger partial charge < -0.3 is 29.5 Å². The van der Waals surface area contributed by atoms with Crippen LogP contribution in [0, 0.1) is 5.82 Å². The van der Waals surface area contributed by atoms with E-state index in [4.69, 9.17) is 9.47 Å². The van der Waals surface area contributed by atoms with Crippen LogP contribution in [0.15, 0.2) is 36.4 Å². The summed E-state index contributed by atoms with van der Waals surface area (Å²) < 4.78 is 26.3. The van der Waals surface area contributed by atoms with E-state index in [1.165, 1.54) is 25.5 Å². The molecule has 47 heavy (non-hydrogen) atoms. The highest BCUT2D eigenvalue weighted by Crippen LogP contribution is 2.39. The summed E-state index contributed by atoms with van der Waals surface area (Å²) in [5, 5.41) is 2.53. The number of nitrogens with zero attached hydrogens (tertiary/aromatic N) is 3. The Balaban J connectivity index is 1.28. The van der Waals surface area contributed by atoms with E-state index in [0.717, 1.165) is 43.1 Å². The lowest BCUT2D eigenvalue weighted by Crippen LogP contribution is -2.55. The highest BCUT2D eigenvalue weighted by Gasteiger charge is 2.34. The number of ether oxygens (including phenoxy) is 2. The normalized spacial score (nSPS) is 20.6. The van der Waals surface area contributed by atoms with Crippen molar-refractivity contribution >= 4 is 29.5 Å². The van der Waals surface area contributed by atoms with Gasteiger partial charge in [0.1, 0.15) is 23.3 Å². The van der Waals surface area contributed by atoms with Gasteiger partial charge in [-0.15, -0.1) is 0 Å². The minimum absolute atomic E-state index is 0.108. The minimum atomic E-state index is -0.615. The molecule has 0 unspecified atom stereocenters. The fraction of sp³-hybridized carbons (Fsp3) is 0.556. The summed E-state index contributed by atoms with van der Waals surface area (Å²) >= 11 is 0.